The largest absolute Gasteiger partial charge is 0.478 e. The second-order valence-corrected chi connectivity index (χ2v) is 5.96. The number of hydrogen-bond donors (Lipinski definition) is 3. The van der Waals surface area contributed by atoms with E-state index < -0.39 is 5.97 Å². The molecule has 0 saturated heterocycles. The normalized spacial score (nSPS) is 21.3. The van der Waals surface area contributed by atoms with Gasteiger partial charge in [0.25, 0.3) is 0 Å². The molecule has 0 bridgehead atoms. The summed E-state index contributed by atoms with van der Waals surface area (Å²) in [5.41, 5.74) is 6.72. The SMILES string of the molecule is NCC1CCC(C(=O)NCCc2ccccc2C(=O)O)CC1. The third-order valence-electron chi connectivity index (χ3n) is 4.49. The third kappa shape index (κ3) is 4.31. The zero-order valence-corrected chi connectivity index (χ0v) is 12.8. The first-order valence-corrected chi connectivity index (χ1v) is 7.90. The Bertz CT molecular complexity index is 522. The summed E-state index contributed by atoms with van der Waals surface area (Å²) in [6.45, 7) is 1.18. The van der Waals surface area contributed by atoms with Gasteiger partial charge in [0.2, 0.25) is 5.91 Å². The van der Waals surface area contributed by atoms with Crippen molar-refractivity contribution in [3.8, 4) is 0 Å². The van der Waals surface area contributed by atoms with Gasteiger partial charge in [0.15, 0.2) is 0 Å². The van der Waals surface area contributed by atoms with E-state index in [0.717, 1.165) is 31.2 Å². The summed E-state index contributed by atoms with van der Waals surface area (Å²) in [7, 11) is 0. The van der Waals surface area contributed by atoms with Gasteiger partial charge in [0.1, 0.15) is 0 Å². The average Bonchev–Trinajstić information content (AvgIpc) is 2.55. The molecule has 2 rings (SSSR count). The molecule has 1 aromatic rings. The molecule has 120 valence electrons. The van der Waals surface area contributed by atoms with Crippen LogP contribution in [0, 0.1) is 11.8 Å². The molecule has 5 nitrogen and oxygen atoms in total. The lowest BCUT2D eigenvalue weighted by molar-refractivity contribution is -0.126. The van der Waals surface area contributed by atoms with Gasteiger partial charge in [-0.1, -0.05) is 18.2 Å². The summed E-state index contributed by atoms with van der Waals surface area (Å²) in [5.74, 6) is -0.200. The molecule has 0 atom stereocenters. The summed E-state index contributed by atoms with van der Waals surface area (Å²) < 4.78 is 0. The Labute approximate surface area is 130 Å². The van der Waals surface area contributed by atoms with Gasteiger partial charge < -0.3 is 16.2 Å². The highest BCUT2D eigenvalue weighted by molar-refractivity contribution is 5.89. The highest BCUT2D eigenvalue weighted by Crippen LogP contribution is 2.28. The minimum Gasteiger partial charge on any atom is -0.478 e. The van der Waals surface area contributed by atoms with Crippen molar-refractivity contribution in [2.24, 2.45) is 17.6 Å². The second kappa shape index (κ2) is 7.94. The van der Waals surface area contributed by atoms with Crippen molar-refractivity contribution < 1.29 is 14.7 Å². The number of benzene rings is 1. The summed E-state index contributed by atoms with van der Waals surface area (Å²) in [4.78, 5) is 23.3. The van der Waals surface area contributed by atoms with E-state index in [4.69, 9.17) is 10.8 Å². The van der Waals surface area contributed by atoms with Gasteiger partial charge in [0.05, 0.1) is 5.56 Å². The van der Waals surface area contributed by atoms with E-state index in [1.165, 1.54) is 0 Å². The fraction of sp³-hybridized carbons (Fsp3) is 0.529. The van der Waals surface area contributed by atoms with E-state index in [0.29, 0.717) is 31.0 Å². The van der Waals surface area contributed by atoms with Crippen LogP contribution in [0.3, 0.4) is 0 Å². The van der Waals surface area contributed by atoms with Gasteiger partial charge in [-0.15, -0.1) is 0 Å². The molecule has 0 heterocycles. The average molecular weight is 304 g/mol. The number of nitrogens with two attached hydrogens (primary N) is 1. The first-order chi connectivity index (χ1) is 10.6. The smallest absolute Gasteiger partial charge is 0.335 e. The monoisotopic (exact) mass is 304 g/mol. The maximum absolute atomic E-state index is 12.1. The van der Waals surface area contributed by atoms with Crippen LogP contribution in [0.1, 0.15) is 41.6 Å². The molecule has 1 saturated carbocycles. The summed E-state index contributed by atoms with van der Waals surface area (Å²) in [6, 6.07) is 6.91. The third-order valence-corrected chi connectivity index (χ3v) is 4.49. The number of carboxylic acid groups (broad SMARTS) is 1. The van der Waals surface area contributed by atoms with Crippen LogP contribution in [-0.4, -0.2) is 30.1 Å². The molecule has 1 aromatic carbocycles. The van der Waals surface area contributed by atoms with Crippen LogP contribution in [0.5, 0.6) is 0 Å². The van der Waals surface area contributed by atoms with E-state index >= 15 is 0 Å². The fourth-order valence-corrected chi connectivity index (χ4v) is 3.07. The van der Waals surface area contributed by atoms with Gasteiger partial charge in [0, 0.05) is 12.5 Å². The fourth-order valence-electron chi connectivity index (χ4n) is 3.07. The first-order valence-electron chi connectivity index (χ1n) is 7.90. The Hall–Kier alpha value is -1.88. The summed E-state index contributed by atoms with van der Waals surface area (Å²) in [5, 5.41) is 12.1. The Balaban J connectivity index is 1.79. The van der Waals surface area contributed by atoms with Crippen LogP contribution in [0.2, 0.25) is 0 Å². The molecule has 0 unspecified atom stereocenters. The van der Waals surface area contributed by atoms with E-state index in [1.807, 2.05) is 6.07 Å². The van der Waals surface area contributed by atoms with Crippen molar-refractivity contribution in [1.82, 2.24) is 5.32 Å². The van der Waals surface area contributed by atoms with E-state index in [-0.39, 0.29) is 11.8 Å². The van der Waals surface area contributed by atoms with Crippen molar-refractivity contribution in [2.45, 2.75) is 32.1 Å². The Kier molecular flexibility index (Phi) is 5.95. The number of hydrogen-bond acceptors (Lipinski definition) is 3. The molecule has 1 aliphatic carbocycles. The van der Waals surface area contributed by atoms with Crippen LogP contribution >= 0.6 is 0 Å². The lowest BCUT2D eigenvalue weighted by Crippen LogP contribution is -2.35. The van der Waals surface area contributed by atoms with Crippen LogP contribution < -0.4 is 11.1 Å². The molecule has 0 spiro atoms. The van der Waals surface area contributed by atoms with Crippen molar-refractivity contribution in [1.29, 1.82) is 0 Å². The van der Waals surface area contributed by atoms with Gasteiger partial charge >= 0.3 is 5.97 Å². The number of carbonyl (C=O) groups is 2. The van der Waals surface area contributed by atoms with E-state index in [1.54, 1.807) is 18.2 Å². The highest BCUT2D eigenvalue weighted by atomic mass is 16.4. The predicted octanol–water partition coefficient (Wildman–Crippen LogP) is 1.81. The molecule has 0 aliphatic heterocycles. The van der Waals surface area contributed by atoms with Crippen LogP contribution in [-0.2, 0) is 11.2 Å². The van der Waals surface area contributed by atoms with Crippen molar-refractivity contribution in [3.05, 3.63) is 35.4 Å². The lowest BCUT2D eigenvalue weighted by Gasteiger charge is -2.26. The van der Waals surface area contributed by atoms with Gasteiger partial charge in [-0.3, -0.25) is 4.79 Å². The highest BCUT2D eigenvalue weighted by Gasteiger charge is 2.25. The Morgan fingerprint density at radius 3 is 2.50 bits per heavy atom. The number of rotatable bonds is 6. The topological polar surface area (TPSA) is 92.4 Å². The first kappa shape index (κ1) is 16.5. The van der Waals surface area contributed by atoms with Crippen molar-refractivity contribution in [2.75, 3.05) is 13.1 Å². The minimum absolute atomic E-state index is 0.0810. The molecule has 1 fully saturated rings. The quantitative estimate of drug-likeness (QED) is 0.747. The zero-order valence-electron chi connectivity index (χ0n) is 12.8. The van der Waals surface area contributed by atoms with Crippen LogP contribution in [0.25, 0.3) is 0 Å². The van der Waals surface area contributed by atoms with Gasteiger partial charge in [-0.05, 0) is 56.2 Å². The number of carboxylic acids is 1. The van der Waals surface area contributed by atoms with E-state index in [2.05, 4.69) is 5.32 Å². The van der Waals surface area contributed by atoms with Crippen molar-refractivity contribution in [3.63, 3.8) is 0 Å². The molecule has 0 radical (unpaired) electrons. The molecule has 5 heteroatoms. The number of nitrogens with one attached hydrogen (secondary N) is 1. The summed E-state index contributed by atoms with van der Waals surface area (Å²) >= 11 is 0. The molecule has 1 aliphatic rings. The minimum atomic E-state index is -0.929. The zero-order chi connectivity index (χ0) is 15.9. The molecule has 4 N–H and O–H groups in total. The standard InChI is InChI=1S/C17H24N2O3/c18-11-12-5-7-14(8-6-12)16(20)19-10-9-13-3-1-2-4-15(13)17(21)22/h1-4,12,14H,5-11,18H2,(H,19,20)(H,21,22). The lowest BCUT2D eigenvalue weighted by atomic mass is 9.81. The molecule has 22 heavy (non-hydrogen) atoms. The predicted molar refractivity (Wildman–Crippen MR) is 84.6 cm³/mol. The molecule has 0 aromatic heterocycles. The maximum atomic E-state index is 12.1. The van der Waals surface area contributed by atoms with E-state index in [9.17, 15) is 9.59 Å². The number of aromatic carboxylic acids is 1. The van der Waals surface area contributed by atoms with Gasteiger partial charge in [-0.2, -0.15) is 0 Å². The maximum Gasteiger partial charge on any atom is 0.335 e. The Morgan fingerprint density at radius 1 is 1.18 bits per heavy atom. The van der Waals surface area contributed by atoms with Crippen LogP contribution in [0.15, 0.2) is 24.3 Å². The van der Waals surface area contributed by atoms with Crippen LogP contribution in [0.4, 0.5) is 0 Å². The summed E-state index contributed by atoms with van der Waals surface area (Å²) in [6.07, 6.45) is 4.39. The Morgan fingerprint density at radius 2 is 1.86 bits per heavy atom. The van der Waals surface area contributed by atoms with Gasteiger partial charge in [-0.25, -0.2) is 4.79 Å². The number of carbonyl (C=O) groups excluding carboxylic acids is 1. The molecular formula is C17H24N2O3. The van der Waals surface area contributed by atoms with Crippen molar-refractivity contribution >= 4 is 11.9 Å². The number of amides is 1. The molecule has 1 amide bonds. The molecular weight excluding hydrogens is 280 g/mol. The second-order valence-electron chi connectivity index (χ2n) is 5.96.